The van der Waals surface area contributed by atoms with Crippen molar-refractivity contribution in [2.75, 3.05) is 33.7 Å². The van der Waals surface area contributed by atoms with E-state index in [1.54, 1.807) is 6.92 Å². The van der Waals surface area contributed by atoms with Crippen molar-refractivity contribution in [3.05, 3.63) is 29.6 Å². The zero-order valence-electron chi connectivity index (χ0n) is 13.9. The van der Waals surface area contributed by atoms with Gasteiger partial charge in [-0.05, 0) is 58.0 Å². The zero-order valence-corrected chi connectivity index (χ0v) is 14.7. The Morgan fingerprint density at radius 2 is 2.00 bits per heavy atom. The fourth-order valence-corrected chi connectivity index (χ4v) is 4.52. The lowest BCUT2D eigenvalue weighted by atomic mass is 9.94. The van der Waals surface area contributed by atoms with E-state index in [1.165, 1.54) is 16.4 Å². The fourth-order valence-electron chi connectivity index (χ4n) is 3.02. The second-order valence-corrected chi connectivity index (χ2v) is 8.57. The van der Waals surface area contributed by atoms with Gasteiger partial charge in [0.2, 0.25) is 10.0 Å². The topological polar surface area (TPSA) is 60.9 Å². The first-order valence-electron chi connectivity index (χ1n) is 7.77. The Hall–Kier alpha value is -1.02. The summed E-state index contributed by atoms with van der Waals surface area (Å²) in [4.78, 5) is 1.87. The van der Waals surface area contributed by atoms with Crippen LogP contribution in [0.3, 0.4) is 0 Å². The molecular formula is C16H25FN2O3S. The average Bonchev–Trinajstić information content (AvgIpc) is 2.63. The summed E-state index contributed by atoms with van der Waals surface area (Å²) >= 11 is 0. The highest BCUT2D eigenvalue weighted by Crippen LogP contribution is 2.27. The highest BCUT2D eigenvalue weighted by Gasteiger charge is 2.34. The monoisotopic (exact) mass is 344 g/mol. The molecular weight excluding hydrogens is 319 g/mol. The lowest BCUT2D eigenvalue weighted by Crippen LogP contribution is -2.41. The van der Waals surface area contributed by atoms with Gasteiger partial charge in [-0.15, -0.1) is 0 Å². The maximum absolute atomic E-state index is 13.7. The standard InChI is InChI=1S/C16H25FN2O3S/c1-13-5-6-14(11-15(13)17)23(21,22)19-9-4-7-16(20,8-10-19)12-18(2)3/h5-6,11,20H,4,7-10,12H2,1-3H3/t16-/m0/s1. The van der Waals surface area contributed by atoms with Gasteiger partial charge in [-0.25, -0.2) is 12.8 Å². The summed E-state index contributed by atoms with van der Waals surface area (Å²) < 4.78 is 40.5. The van der Waals surface area contributed by atoms with E-state index in [-0.39, 0.29) is 11.4 Å². The summed E-state index contributed by atoms with van der Waals surface area (Å²) in [6.45, 7) is 2.68. The number of nitrogens with zero attached hydrogens (tertiary/aromatic N) is 2. The van der Waals surface area contributed by atoms with Gasteiger partial charge in [0.05, 0.1) is 10.5 Å². The van der Waals surface area contributed by atoms with E-state index in [0.717, 1.165) is 6.07 Å². The molecule has 0 aromatic heterocycles. The van der Waals surface area contributed by atoms with Gasteiger partial charge < -0.3 is 10.0 Å². The molecule has 0 bridgehead atoms. The number of sulfonamides is 1. The number of benzene rings is 1. The minimum absolute atomic E-state index is 0.0290. The van der Waals surface area contributed by atoms with Crippen LogP contribution in [0.15, 0.2) is 23.1 Å². The van der Waals surface area contributed by atoms with E-state index < -0.39 is 21.4 Å². The first-order valence-corrected chi connectivity index (χ1v) is 9.21. The van der Waals surface area contributed by atoms with Gasteiger partial charge >= 0.3 is 0 Å². The molecule has 1 aromatic rings. The minimum Gasteiger partial charge on any atom is -0.389 e. The highest BCUT2D eigenvalue weighted by atomic mass is 32.2. The molecule has 0 aliphatic carbocycles. The summed E-state index contributed by atoms with van der Waals surface area (Å²) in [6.07, 6.45) is 1.51. The van der Waals surface area contributed by atoms with Gasteiger partial charge in [-0.2, -0.15) is 4.31 Å². The number of hydrogen-bond donors (Lipinski definition) is 1. The Labute approximate surface area is 137 Å². The molecule has 0 spiro atoms. The molecule has 1 atom stereocenters. The van der Waals surface area contributed by atoms with Gasteiger partial charge in [0.25, 0.3) is 0 Å². The van der Waals surface area contributed by atoms with Gasteiger partial charge in [0.15, 0.2) is 0 Å². The molecule has 130 valence electrons. The largest absolute Gasteiger partial charge is 0.389 e. The quantitative estimate of drug-likeness (QED) is 0.901. The third-order valence-electron chi connectivity index (χ3n) is 4.27. The molecule has 1 heterocycles. The lowest BCUT2D eigenvalue weighted by Gasteiger charge is -2.29. The zero-order chi connectivity index (χ0) is 17.3. The van der Waals surface area contributed by atoms with Crippen LogP contribution in [-0.4, -0.2) is 62.1 Å². The fraction of sp³-hybridized carbons (Fsp3) is 0.625. The highest BCUT2D eigenvalue weighted by molar-refractivity contribution is 7.89. The molecule has 5 nitrogen and oxygen atoms in total. The summed E-state index contributed by atoms with van der Waals surface area (Å²) in [5.74, 6) is -0.523. The van der Waals surface area contributed by atoms with E-state index >= 15 is 0 Å². The first-order chi connectivity index (χ1) is 10.6. The Bertz CT molecular complexity index is 663. The minimum atomic E-state index is -3.73. The van der Waals surface area contributed by atoms with Gasteiger partial charge in [-0.3, -0.25) is 0 Å². The average molecular weight is 344 g/mol. The lowest BCUT2D eigenvalue weighted by molar-refractivity contribution is 0.00405. The predicted octanol–water partition coefficient (Wildman–Crippen LogP) is 1.60. The van der Waals surface area contributed by atoms with Gasteiger partial charge in [0.1, 0.15) is 5.82 Å². The molecule has 2 rings (SSSR count). The van der Waals surface area contributed by atoms with Crippen LogP contribution in [0.25, 0.3) is 0 Å². The summed E-state index contributed by atoms with van der Waals surface area (Å²) in [5, 5.41) is 10.6. The molecule has 1 fully saturated rings. The van der Waals surface area contributed by atoms with Crippen LogP contribution in [-0.2, 0) is 10.0 Å². The molecule has 0 amide bonds. The predicted molar refractivity (Wildman–Crippen MR) is 87.3 cm³/mol. The Morgan fingerprint density at radius 3 is 2.61 bits per heavy atom. The van der Waals surface area contributed by atoms with Crippen LogP contribution < -0.4 is 0 Å². The maximum atomic E-state index is 13.7. The third-order valence-corrected chi connectivity index (χ3v) is 6.16. The molecule has 1 saturated heterocycles. The molecule has 0 unspecified atom stereocenters. The molecule has 7 heteroatoms. The van der Waals surface area contributed by atoms with Gasteiger partial charge in [-0.1, -0.05) is 6.07 Å². The number of aryl methyl sites for hydroxylation is 1. The van der Waals surface area contributed by atoms with E-state index in [4.69, 9.17) is 0 Å². The number of halogens is 1. The van der Waals surface area contributed by atoms with Crippen LogP contribution in [0, 0.1) is 12.7 Å². The molecule has 1 N–H and O–H groups in total. The normalized spacial score (nSPS) is 23.9. The molecule has 23 heavy (non-hydrogen) atoms. The van der Waals surface area contributed by atoms with Crippen molar-refractivity contribution in [3.8, 4) is 0 Å². The molecule has 1 aliphatic heterocycles. The summed E-state index contributed by atoms with van der Waals surface area (Å²) in [6, 6.07) is 3.98. The molecule has 1 aromatic carbocycles. The third kappa shape index (κ3) is 4.29. The van der Waals surface area contributed by atoms with E-state index in [2.05, 4.69) is 0 Å². The van der Waals surface area contributed by atoms with Crippen LogP contribution >= 0.6 is 0 Å². The number of aliphatic hydroxyl groups is 1. The number of rotatable bonds is 4. The van der Waals surface area contributed by atoms with Crippen LogP contribution in [0.5, 0.6) is 0 Å². The van der Waals surface area contributed by atoms with Crippen LogP contribution in [0.2, 0.25) is 0 Å². The van der Waals surface area contributed by atoms with Crippen LogP contribution in [0.1, 0.15) is 24.8 Å². The Morgan fingerprint density at radius 1 is 1.30 bits per heavy atom. The van der Waals surface area contributed by atoms with E-state index in [0.29, 0.717) is 37.9 Å². The van der Waals surface area contributed by atoms with Crippen molar-refractivity contribution in [3.63, 3.8) is 0 Å². The van der Waals surface area contributed by atoms with Crippen molar-refractivity contribution in [2.45, 2.75) is 36.7 Å². The van der Waals surface area contributed by atoms with E-state index in [1.807, 2.05) is 19.0 Å². The van der Waals surface area contributed by atoms with Crippen molar-refractivity contribution < 1.29 is 17.9 Å². The summed E-state index contributed by atoms with van der Waals surface area (Å²) in [5.41, 5.74) is -0.466. The van der Waals surface area contributed by atoms with Crippen molar-refractivity contribution >= 4 is 10.0 Å². The molecule has 0 saturated carbocycles. The van der Waals surface area contributed by atoms with E-state index in [9.17, 15) is 17.9 Å². The second-order valence-electron chi connectivity index (χ2n) is 6.63. The first kappa shape index (κ1) is 18.3. The van der Waals surface area contributed by atoms with Crippen molar-refractivity contribution in [2.24, 2.45) is 0 Å². The smallest absolute Gasteiger partial charge is 0.243 e. The molecule has 1 aliphatic rings. The van der Waals surface area contributed by atoms with Crippen molar-refractivity contribution in [1.82, 2.24) is 9.21 Å². The maximum Gasteiger partial charge on any atom is 0.243 e. The van der Waals surface area contributed by atoms with Crippen LogP contribution in [0.4, 0.5) is 4.39 Å². The number of likely N-dealkylation sites (N-methyl/N-ethyl adjacent to an activating group) is 1. The summed E-state index contributed by atoms with van der Waals surface area (Å²) in [7, 11) is 0.0281. The number of hydrogen-bond acceptors (Lipinski definition) is 4. The second kappa shape index (κ2) is 6.84. The molecule has 0 radical (unpaired) electrons. The van der Waals surface area contributed by atoms with Gasteiger partial charge in [0, 0.05) is 19.6 Å². The van der Waals surface area contributed by atoms with Crippen molar-refractivity contribution in [1.29, 1.82) is 0 Å². The Balaban J connectivity index is 2.19. The SMILES string of the molecule is Cc1ccc(S(=O)(=O)N2CCC[C@@](O)(CN(C)C)CC2)cc1F. The Kier molecular flexibility index (Phi) is 5.45.